The molecule has 0 bridgehead atoms. The summed E-state index contributed by atoms with van der Waals surface area (Å²) in [5.41, 5.74) is 0.305. The molecule has 0 atom stereocenters. The number of aromatic amines is 1. The summed E-state index contributed by atoms with van der Waals surface area (Å²) in [5.74, 6) is -0.695. The van der Waals surface area contributed by atoms with Crippen LogP contribution in [0, 0.1) is 0 Å². The molecule has 20 heavy (non-hydrogen) atoms. The minimum absolute atomic E-state index is 0.0221. The molecular weight excluding hydrogens is 325 g/mol. The van der Waals surface area contributed by atoms with Gasteiger partial charge in [-0.15, -0.1) is 0 Å². The molecule has 1 aromatic heterocycles. The zero-order valence-electron chi connectivity index (χ0n) is 10.2. The van der Waals surface area contributed by atoms with E-state index < -0.39 is 11.5 Å². The van der Waals surface area contributed by atoms with Gasteiger partial charge in [-0.2, -0.15) is 0 Å². The zero-order chi connectivity index (χ0) is 14.9. The van der Waals surface area contributed by atoms with Crippen molar-refractivity contribution in [1.29, 1.82) is 0 Å². The number of carbonyl (C=O) groups excluding carboxylic acids is 1. The van der Waals surface area contributed by atoms with Crippen molar-refractivity contribution in [3.05, 3.63) is 55.4 Å². The number of ether oxygens (including phenoxy) is 1. The maximum absolute atomic E-state index is 11.7. The number of hydrogen-bond donors (Lipinski definition) is 1. The van der Waals surface area contributed by atoms with Crippen molar-refractivity contribution in [3.8, 4) is 11.1 Å². The molecule has 1 aromatic carbocycles. The van der Waals surface area contributed by atoms with Gasteiger partial charge in [-0.3, -0.25) is 4.79 Å². The van der Waals surface area contributed by atoms with E-state index in [-0.39, 0.29) is 15.7 Å². The van der Waals surface area contributed by atoms with Crippen LogP contribution in [0.1, 0.15) is 10.5 Å². The van der Waals surface area contributed by atoms with Crippen LogP contribution in [0.4, 0.5) is 0 Å². The van der Waals surface area contributed by atoms with Crippen molar-refractivity contribution >= 4 is 40.8 Å². The average molecular weight is 333 g/mol. The van der Waals surface area contributed by atoms with Crippen LogP contribution in [0.5, 0.6) is 0 Å². The summed E-state index contributed by atoms with van der Waals surface area (Å²) in [5, 5.41) is 0.896. The van der Waals surface area contributed by atoms with E-state index in [0.717, 1.165) is 0 Å². The third-order valence-electron chi connectivity index (χ3n) is 2.58. The topological polar surface area (TPSA) is 59.2 Å². The summed E-state index contributed by atoms with van der Waals surface area (Å²) < 4.78 is 4.64. The molecule has 0 aliphatic heterocycles. The van der Waals surface area contributed by atoms with Crippen molar-refractivity contribution in [2.24, 2.45) is 0 Å². The van der Waals surface area contributed by atoms with Gasteiger partial charge < -0.3 is 9.72 Å². The molecule has 0 aliphatic rings. The number of halogens is 3. The standard InChI is InChI=1S/C13H8Cl3NO3/c1-20-13(19)12-7(2-3-10(18)17-12)11-8(15)4-6(14)5-9(11)16/h2-5H,1H3,(H,17,18). The first kappa shape index (κ1) is 14.9. The number of hydrogen-bond acceptors (Lipinski definition) is 3. The van der Waals surface area contributed by atoms with E-state index in [9.17, 15) is 9.59 Å². The first-order valence-electron chi connectivity index (χ1n) is 5.40. The van der Waals surface area contributed by atoms with Crippen molar-refractivity contribution in [3.63, 3.8) is 0 Å². The van der Waals surface area contributed by atoms with Gasteiger partial charge in [0.1, 0.15) is 5.69 Å². The van der Waals surface area contributed by atoms with E-state index in [2.05, 4.69) is 9.72 Å². The van der Waals surface area contributed by atoms with Gasteiger partial charge >= 0.3 is 5.97 Å². The van der Waals surface area contributed by atoms with Crippen LogP contribution in [0.25, 0.3) is 11.1 Å². The van der Waals surface area contributed by atoms with Gasteiger partial charge in [0.15, 0.2) is 0 Å². The van der Waals surface area contributed by atoms with Gasteiger partial charge in [0.05, 0.1) is 17.2 Å². The molecule has 0 fully saturated rings. The fourth-order valence-corrected chi connectivity index (χ4v) is 2.77. The number of pyridine rings is 1. The Morgan fingerprint density at radius 2 is 1.75 bits per heavy atom. The molecule has 1 N–H and O–H groups in total. The van der Waals surface area contributed by atoms with Crippen molar-refractivity contribution in [2.75, 3.05) is 7.11 Å². The van der Waals surface area contributed by atoms with Gasteiger partial charge in [-0.25, -0.2) is 4.79 Å². The maximum Gasteiger partial charge on any atom is 0.355 e. The fourth-order valence-electron chi connectivity index (χ4n) is 1.75. The average Bonchev–Trinajstić information content (AvgIpc) is 2.38. The summed E-state index contributed by atoms with van der Waals surface area (Å²) in [6.45, 7) is 0. The van der Waals surface area contributed by atoms with E-state index >= 15 is 0 Å². The van der Waals surface area contributed by atoms with Crippen molar-refractivity contribution in [1.82, 2.24) is 4.98 Å². The summed E-state index contributed by atoms with van der Waals surface area (Å²) in [7, 11) is 1.21. The Morgan fingerprint density at radius 3 is 2.30 bits per heavy atom. The molecule has 0 radical (unpaired) electrons. The first-order valence-corrected chi connectivity index (χ1v) is 6.54. The second-order valence-corrected chi connectivity index (χ2v) is 5.10. The fraction of sp³-hybridized carbons (Fsp3) is 0.0769. The molecule has 0 aliphatic carbocycles. The highest BCUT2D eigenvalue weighted by molar-refractivity contribution is 6.42. The Balaban J connectivity index is 2.77. The summed E-state index contributed by atoms with van der Waals surface area (Å²) in [4.78, 5) is 25.5. The SMILES string of the molecule is COC(=O)c1[nH]c(=O)ccc1-c1c(Cl)cc(Cl)cc1Cl. The second-order valence-electron chi connectivity index (χ2n) is 3.85. The monoisotopic (exact) mass is 331 g/mol. The van der Waals surface area contributed by atoms with Crippen LogP contribution in [-0.2, 0) is 4.74 Å². The quantitative estimate of drug-likeness (QED) is 0.851. The lowest BCUT2D eigenvalue weighted by Gasteiger charge is -2.11. The molecule has 7 heteroatoms. The summed E-state index contributed by atoms with van der Waals surface area (Å²) >= 11 is 18.1. The van der Waals surface area contributed by atoms with Gasteiger partial charge in [-0.1, -0.05) is 34.8 Å². The van der Waals surface area contributed by atoms with Gasteiger partial charge in [0, 0.05) is 22.2 Å². The van der Waals surface area contributed by atoms with Crippen LogP contribution in [0.3, 0.4) is 0 Å². The normalized spacial score (nSPS) is 10.4. The Bertz CT molecular complexity index is 717. The molecule has 0 saturated heterocycles. The van der Waals surface area contributed by atoms with Gasteiger partial charge in [0.2, 0.25) is 5.56 Å². The Kier molecular flexibility index (Phi) is 4.38. The minimum Gasteiger partial charge on any atom is -0.464 e. The highest BCUT2D eigenvalue weighted by atomic mass is 35.5. The molecular formula is C13H8Cl3NO3. The van der Waals surface area contributed by atoms with Crippen molar-refractivity contribution in [2.45, 2.75) is 0 Å². The highest BCUT2D eigenvalue weighted by Crippen LogP contribution is 2.38. The molecule has 104 valence electrons. The number of carbonyl (C=O) groups is 1. The van der Waals surface area contributed by atoms with E-state index in [1.807, 2.05) is 0 Å². The number of nitrogens with one attached hydrogen (secondary N) is 1. The van der Waals surface area contributed by atoms with E-state index in [1.165, 1.54) is 31.4 Å². The number of methoxy groups -OCH3 is 1. The van der Waals surface area contributed by atoms with E-state index in [1.54, 1.807) is 0 Å². The smallest absolute Gasteiger partial charge is 0.355 e. The van der Waals surface area contributed by atoms with Crippen LogP contribution in [0.2, 0.25) is 15.1 Å². The molecule has 0 unspecified atom stereocenters. The lowest BCUT2D eigenvalue weighted by molar-refractivity contribution is 0.0594. The van der Waals surface area contributed by atoms with E-state index in [4.69, 9.17) is 34.8 Å². The number of rotatable bonds is 2. The van der Waals surface area contributed by atoms with Gasteiger partial charge in [0.25, 0.3) is 0 Å². The van der Waals surface area contributed by atoms with Crippen LogP contribution in [0.15, 0.2) is 29.1 Å². The van der Waals surface area contributed by atoms with Crippen molar-refractivity contribution < 1.29 is 9.53 Å². The third kappa shape index (κ3) is 2.82. The van der Waals surface area contributed by atoms with Crippen LogP contribution < -0.4 is 5.56 Å². The molecule has 2 rings (SSSR count). The Morgan fingerprint density at radius 1 is 1.15 bits per heavy atom. The van der Waals surface area contributed by atoms with E-state index in [0.29, 0.717) is 16.1 Å². The predicted molar refractivity (Wildman–Crippen MR) is 78.9 cm³/mol. The number of aromatic nitrogens is 1. The number of H-pyrrole nitrogens is 1. The molecule has 0 saturated carbocycles. The lowest BCUT2D eigenvalue weighted by Crippen LogP contribution is -2.14. The zero-order valence-corrected chi connectivity index (χ0v) is 12.4. The molecule has 2 aromatic rings. The third-order valence-corrected chi connectivity index (χ3v) is 3.40. The predicted octanol–water partition coefficient (Wildman–Crippen LogP) is 3.79. The number of esters is 1. The highest BCUT2D eigenvalue weighted by Gasteiger charge is 2.19. The molecule has 0 spiro atoms. The molecule has 4 nitrogen and oxygen atoms in total. The van der Waals surface area contributed by atoms with Gasteiger partial charge in [-0.05, 0) is 18.2 Å². The number of benzene rings is 1. The second kappa shape index (κ2) is 5.87. The summed E-state index contributed by atoms with van der Waals surface area (Å²) in [6.07, 6.45) is 0. The largest absolute Gasteiger partial charge is 0.464 e. The van der Waals surface area contributed by atoms with Crippen LogP contribution >= 0.6 is 34.8 Å². The Hall–Kier alpha value is -1.49. The van der Waals surface area contributed by atoms with Crippen LogP contribution in [-0.4, -0.2) is 18.1 Å². The molecule has 1 heterocycles. The first-order chi connectivity index (χ1) is 9.43. The minimum atomic E-state index is -0.695. The lowest BCUT2D eigenvalue weighted by atomic mass is 10.0. The summed E-state index contributed by atoms with van der Waals surface area (Å²) in [6, 6.07) is 5.71. The molecule has 0 amide bonds. The maximum atomic E-state index is 11.7. The Labute approximate surface area is 129 Å².